The van der Waals surface area contributed by atoms with Gasteiger partial charge in [0.1, 0.15) is 5.78 Å². The summed E-state index contributed by atoms with van der Waals surface area (Å²) in [4.78, 5) is 13.9. The Hall–Kier alpha value is -0.410. The number of hydrogen-bond donors (Lipinski definition) is 0. The Morgan fingerprint density at radius 1 is 1.21 bits per heavy atom. The summed E-state index contributed by atoms with van der Waals surface area (Å²) in [6, 6.07) is 0.630. The normalized spacial score (nSPS) is 34.6. The number of Topliss-reactive ketones (excluding diaryl/α,β-unsaturated/α-hetero) is 1. The topological polar surface area (TPSA) is 29.5 Å². The van der Waals surface area contributed by atoms with Crippen molar-refractivity contribution in [3.05, 3.63) is 0 Å². The lowest BCUT2D eigenvalue weighted by Crippen LogP contribution is -2.63. The Morgan fingerprint density at radius 2 is 1.71 bits per heavy atom. The molecule has 80 valence electrons. The standard InChI is InChI=1S/C11H19NO2/c1-11(2,3)12-8-4-10(13)5-9(12)7-14-6-8/h8-9H,4-7H2,1-3H3. The molecule has 14 heavy (non-hydrogen) atoms. The van der Waals surface area contributed by atoms with Crippen molar-refractivity contribution in [1.82, 2.24) is 4.90 Å². The van der Waals surface area contributed by atoms with E-state index < -0.39 is 0 Å². The summed E-state index contributed by atoms with van der Waals surface area (Å²) in [5.74, 6) is 0.406. The van der Waals surface area contributed by atoms with Crippen molar-refractivity contribution in [2.24, 2.45) is 0 Å². The van der Waals surface area contributed by atoms with Gasteiger partial charge >= 0.3 is 0 Å². The van der Waals surface area contributed by atoms with Crippen LogP contribution in [0, 0.1) is 0 Å². The highest BCUT2D eigenvalue weighted by atomic mass is 16.5. The summed E-state index contributed by atoms with van der Waals surface area (Å²) in [6.45, 7) is 8.09. The number of ketones is 1. The van der Waals surface area contributed by atoms with Crippen LogP contribution < -0.4 is 0 Å². The van der Waals surface area contributed by atoms with Crippen molar-refractivity contribution in [3.63, 3.8) is 0 Å². The third kappa shape index (κ3) is 1.71. The van der Waals surface area contributed by atoms with E-state index in [4.69, 9.17) is 4.74 Å². The molecule has 0 radical (unpaired) electrons. The second kappa shape index (κ2) is 3.31. The number of hydrogen-bond acceptors (Lipinski definition) is 3. The Balaban J connectivity index is 2.21. The molecule has 0 aliphatic carbocycles. The number of carbonyl (C=O) groups is 1. The average Bonchev–Trinajstić information content (AvgIpc) is 1.99. The molecule has 0 aromatic carbocycles. The van der Waals surface area contributed by atoms with Crippen molar-refractivity contribution in [2.45, 2.75) is 51.2 Å². The van der Waals surface area contributed by atoms with E-state index in [9.17, 15) is 4.79 Å². The van der Waals surface area contributed by atoms with Crippen LogP contribution in [0.4, 0.5) is 0 Å². The summed E-state index contributed by atoms with van der Waals surface area (Å²) in [5, 5.41) is 0. The highest BCUT2D eigenvalue weighted by molar-refractivity contribution is 5.80. The summed E-state index contributed by atoms with van der Waals surface area (Å²) < 4.78 is 5.52. The van der Waals surface area contributed by atoms with Crippen LogP contribution >= 0.6 is 0 Å². The molecule has 0 spiro atoms. The first-order valence-electron chi connectivity index (χ1n) is 5.36. The molecule has 2 bridgehead atoms. The van der Waals surface area contributed by atoms with E-state index in [0.717, 1.165) is 13.2 Å². The first-order valence-corrected chi connectivity index (χ1v) is 5.36. The van der Waals surface area contributed by atoms with Gasteiger partial charge in [-0.05, 0) is 20.8 Å². The van der Waals surface area contributed by atoms with E-state index in [2.05, 4.69) is 25.7 Å². The fraction of sp³-hybridized carbons (Fsp3) is 0.909. The zero-order chi connectivity index (χ0) is 10.3. The second-order valence-corrected chi connectivity index (χ2v) is 5.37. The van der Waals surface area contributed by atoms with Crippen molar-refractivity contribution in [3.8, 4) is 0 Å². The molecule has 3 heteroatoms. The van der Waals surface area contributed by atoms with Gasteiger partial charge in [0.25, 0.3) is 0 Å². The number of nitrogens with zero attached hydrogens (tertiary/aromatic N) is 1. The van der Waals surface area contributed by atoms with Crippen LogP contribution in [0.25, 0.3) is 0 Å². The summed E-state index contributed by atoms with van der Waals surface area (Å²) in [7, 11) is 0. The molecule has 2 fully saturated rings. The van der Waals surface area contributed by atoms with Gasteiger partial charge in [-0.25, -0.2) is 0 Å². The van der Waals surface area contributed by atoms with Gasteiger partial charge in [-0.15, -0.1) is 0 Å². The highest BCUT2D eigenvalue weighted by Gasteiger charge is 2.43. The molecule has 0 aromatic rings. The molecule has 2 saturated heterocycles. The quantitative estimate of drug-likeness (QED) is 0.584. The van der Waals surface area contributed by atoms with Crippen LogP contribution in [0.2, 0.25) is 0 Å². The third-order valence-corrected chi connectivity index (χ3v) is 3.11. The number of piperidine rings is 1. The van der Waals surface area contributed by atoms with Gasteiger partial charge < -0.3 is 4.74 Å². The highest BCUT2D eigenvalue weighted by Crippen LogP contribution is 2.31. The number of fused-ring (bicyclic) bond motifs is 2. The van der Waals surface area contributed by atoms with E-state index in [-0.39, 0.29) is 5.54 Å². The fourth-order valence-corrected chi connectivity index (χ4v) is 2.82. The molecule has 0 N–H and O–H groups in total. The van der Waals surface area contributed by atoms with Gasteiger partial charge in [0, 0.05) is 30.5 Å². The molecule has 0 amide bonds. The first-order chi connectivity index (χ1) is 6.48. The first kappa shape index (κ1) is 10.1. The van der Waals surface area contributed by atoms with Gasteiger partial charge in [0.15, 0.2) is 0 Å². The zero-order valence-electron chi connectivity index (χ0n) is 9.25. The van der Waals surface area contributed by atoms with Crippen LogP contribution in [-0.2, 0) is 9.53 Å². The number of carbonyl (C=O) groups excluding carboxylic acids is 1. The smallest absolute Gasteiger partial charge is 0.136 e. The van der Waals surface area contributed by atoms with E-state index in [0.29, 0.717) is 30.7 Å². The zero-order valence-corrected chi connectivity index (χ0v) is 9.25. The molecule has 0 saturated carbocycles. The lowest BCUT2D eigenvalue weighted by atomic mass is 9.88. The lowest BCUT2D eigenvalue weighted by Gasteiger charge is -2.51. The lowest BCUT2D eigenvalue weighted by molar-refractivity contribution is -0.145. The van der Waals surface area contributed by atoms with Gasteiger partial charge in [-0.3, -0.25) is 9.69 Å². The van der Waals surface area contributed by atoms with Gasteiger partial charge in [0.05, 0.1) is 13.2 Å². The molecular formula is C11H19NO2. The van der Waals surface area contributed by atoms with Crippen molar-refractivity contribution >= 4 is 5.78 Å². The minimum atomic E-state index is 0.153. The van der Waals surface area contributed by atoms with E-state index in [1.54, 1.807) is 0 Å². The third-order valence-electron chi connectivity index (χ3n) is 3.11. The van der Waals surface area contributed by atoms with E-state index >= 15 is 0 Å². The molecule has 2 rings (SSSR count). The molecule has 2 atom stereocenters. The summed E-state index contributed by atoms with van der Waals surface area (Å²) >= 11 is 0. The average molecular weight is 197 g/mol. The fourth-order valence-electron chi connectivity index (χ4n) is 2.82. The van der Waals surface area contributed by atoms with Crippen LogP contribution in [-0.4, -0.2) is 41.5 Å². The maximum Gasteiger partial charge on any atom is 0.136 e. The van der Waals surface area contributed by atoms with Crippen LogP contribution in [0.3, 0.4) is 0 Å². The Kier molecular flexibility index (Phi) is 2.40. The molecule has 2 heterocycles. The van der Waals surface area contributed by atoms with Gasteiger partial charge in [-0.1, -0.05) is 0 Å². The Labute approximate surface area is 85.4 Å². The monoisotopic (exact) mass is 197 g/mol. The summed E-state index contributed by atoms with van der Waals surface area (Å²) in [5.41, 5.74) is 0.153. The van der Waals surface area contributed by atoms with E-state index in [1.807, 2.05) is 0 Å². The second-order valence-electron chi connectivity index (χ2n) is 5.37. The van der Waals surface area contributed by atoms with Crippen LogP contribution in [0.15, 0.2) is 0 Å². The molecule has 2 aliphatic rings. The SMILES string of the molecule is CC(C)(C)N1C2COCC1CC(=O)C2. The predicted molar refractivity (Wildman–Crippen MR) is 54.2 cm³/mol. The predicted octanol–water partition coefficient (Wildman–Crippen LogP) is 1.22. The molecule has 2 unspecified atom stereocenters. The van der Waals surface area contributed by atoms with Crippen molar-refractivity contribution in [2.75, 3.05) is 13.2 Å². The van der Waals surface area contributed by atoms with Crippen LogP contribution in [0.1, 0.15) is 33.6 Å². The summed E-state index contributed by atoms with van der Waals surface area (Å²) in [6.07, 6.45) is 1.35. The molecule has 3 nitrogen and oxygen atoms in total. The van der Waals surface area contributed by atoms with Gasteiger partial charge in [-0.2, -0.15) is 0 Å². The maximum absolute atomic E-state index is 11.5. The van der Waals surface area contributed by atoms with Crippen LogP contribution in [0.5, 0.6) is 0 Å². The minimum absolute atomic E-state index is 0.153. The largest absolute Gasteiger partial charge is 0.378 e. The van der Waals surface area contributed by atoms with E-state index in [1.165, 1.54) is 0 Å². The molecular weight excluding hydrogens is 178 g/mol. The van der Waals surface area contributed by atoms with Crippen molar-refractivity contribution in [1.29, 1.82) is 0 Å². The Morgan fingerprint density at radius 3 is 2.14 bits per heavy atom. The van der Waals surface area contributed by atoms with Gasteiger partial charge in [0.2, 0.25) is 0 Å². The number of morpholine rings is 1. The number of ether oxygens (including phenoxy) is 1. The molecule has 2 aliphatic heterocycles. The molecule has 0 aromatic heterocycles. The maximum atomic E-state index is 11.5. The number of rotatable bonds is 0. The Bertz CT molecular complexity index is 228. The van der Waals surface area contributed by atoms with Crippen molar-refractivity contribution < 1.29 is 9.53 Å². The minimum Gasteiger partial charge on any atom is -0.378 e.